The SMILES string of the molecule is O=c1c2sccc2nc(SCc2cccc(Br)c2)n1-c1ccccc1. The first-order chi connectivity index (χ1) is 12.2. The minimum atomic E-state index is -0.0112. The molecule has 124 valence electrons. The molecule has 4 rings (SSSR count). The maximum absolute atomic E-state index is 13.0. The second kappa shape index (κ2) is 7.15. The summed E-state index contributed by atoms with van der Waals surface area (Å²) in [4.78, 5) is 17.7. The van der Waals surface area contributed by atoms with Gasteiger partial charge in [0, 0.05) is 10.2 Å². The first-order valence-corrected chi connectivity index (χ1v) is 10.3. The van der Waals surface area contributed by atoms with Gasteiger partial charge in [0.15, 0.2) is 5.16 Å². The van der Waals surface area contributed by atoms with E-state index in [1.165, 1.54) is 16.9 Å². The van der Waals surface area contributed by atoms with Gasteiger partial charge in [-0.1, -0.05) is 58.0 Å². The zero-order chi connectivity index (χ0) is 17.2. The molecule has 0 radical (unpaired) electrons. The van der Waals surface area contributed by atoms with E-state index in [4.69, 9.17) is 4.98 Å². The van der Waals surface area contributed by atoms with Crippen molar-refractivity contribution in [3.63, 3.8) is 0 Å². The highest BCUT2D eigenvalue weighted by molar-refractivity contribution is 9.10. The molecule has 0 fully saturated rings. The zero-order valence-electron chi connectivity index (χ0n) is 13.1. The highest BCUT2D eigenvalue weighted by Crippen LogP contribution is 2.26. The van der Waals surface area contributed by atoms with Gasteiger partial charge in [-0.25, -0.2) is 4.98 Å². The third kappa shape index (κ3) is 3.42. The molecule has 3 nitrogen and oxygen atoms in total. The molecule has 25 heavy (non-hydrogen) atoms. The van der Waals surface area contributed by atoms with Crippen molar-refractivity contribution in [1.29, 1.82) is 0 Å². The van der Waals surface area contributed by atoms with Gasteiger partial charge in [-0.05, 0) is 41.3 Å². The molecule has 0 aliphatic rings. The molecule has 0 bridgehead atoms. The normalized spacial score (nSPS) is 11.1. The van der Waals surface area contributed by atoms with Crippen molar-refractivity contribution >= 4 is 49.2 Å². The fourth-order valence-electron chi connectivity index (χ4n) is 2.57. The van der Waals surface area contributed by atoms with Crippen LogP contribution in [-0.4, -0.2) is 9.55 Å². The van der Waals surface area contributed by atoms with E-state index in [0.29, 0.717) is 9.86 Å². The van der Waals surface area contributed by atoms with Gasteiger partial charge in [0.25, 0.3) is 5.56 Å². The van der Waals surface area contributed by atoms with Crippen LogP contribution < -0.4 is 5.56 Å². The Labute approximate surface area is 161 Å². The lowest BCUT2D eigenvalue weighted by Crippen LogP contribution is -2.20. The monoisotopic (exact) mass is 428 g/mol. The maximum atomic E-state index is 13.0. The molecule has 6 heteroatoms. The van der Waals surface area contributed by atoms with Crippen molar-refractivity contribution < 1.29 is 0 Å². The molecule has 0 N–H and O–H groups in total. The van der Waals surface area contributed by atoms with Crippen molar-refractivity contribution in [2.75, 3.05) is 0 Å². The molecule has 0 aliphatic carbocycles. The lowest BCUT2D eigenvalue weighted by Gasteiger charge is -2.12. The van der Waals surface area contributed by atoms with Crippen LogP contribution >= 0.6 is 39.0 Å². The quantitative estimate of drug-likeness (QED) is 0.317. The highest BCUT2D eigenvalue weighted by atomic mass is 79.9. The minimum Gasteiger partial charge on any atom is -0.267 e. The topological polar surface area (TPSA) is 34.9 Å². The van der Waals surface area contributed by atoms with Gasteiger partial charge >= 0.3 is 0 Å². The first-order valence-electron chi connectivity index (χ1n) is 7.65. The van der Waals surface area contributed by atoms with E-state index in [1.807, 2.05) is 53.9 Å². The van der Waals surface area contributed by atoms with Crippen LogP contribution in [0.4, 0.5) is 0 Å². The third-order valence-corrected chi connectivity index (χ3v) is 6.12. The number of para-hydroxylation sites is 1. The average Bonchev–Trinajstić information content (AvgIpc) is 3.10. The van der Waals surface area contributed by atoms with Gasteiger partial charge in [0.05, 0.1) is 11.2 Å². The van der Waals surface area contributed by atoms with Gasteiger partial charge in [0.2, 0.25) is 0 Å². The largest absolute Gasteiger partial charge is 0.276 e. The van der Waals surface area contributed by atoms with Crippen LogP contribution in [0.2, 0.25) is 0 Å². The van der Waals surface area contributed by atoms with Crippen molar-refractivity contribution in [3.05, 3.63) is 86.4 Å². The number of thioether (sulfide) groups is 1. The Morgan fingerprint density at radius 3 is 2.72 bits per heavy atom. The van der Waals surface area contributed by atoms with E-state index in [0.717, 1.165) is 21.4 Å². The Balaban J connectivity index is 1.80. The van der Waals surface area contributed by atoms with E-state index >= 15 is 0 Å². The predicted octanol–water partition coefficient (Wildman–Crippen LogP) is 5.50. The van der Waals surface area contributed by atoms with Gasteiger partial charge in [0.1, 0.15) is 4.70 Å². The van der Waals surface area contributed by atoms with Gasteiger partial charge in [-0.3, -0.25) is 9.36 Å². The second-order valence-electron chi connectivity index (χ2n) is 5.42. The van der Waals surface area contributed by atoms with E-state index in [9.17, 15) is 4.79 Å². The number of hydrogen-bond acceptors (Lipinski definition) is 4. The number of thiophene rings is 1. The lowest BCUT2D eigenvalue weighted by atomic mass is 10.2. The maximum Gasteiger partial charge on any atom is 0.276 e. The standard InChI is InChI=1S/C19H13BrN2OS2/c20-14-6-4-5-13(11-14)12-25-19-21-16-9-10-24-17(16)18(23)22(19)15-7-2-1-3-8-15/h1-11H,12H2. The summed E-state index contributed by atoms with van der Waals surface area (Å²) in [5, 5.41) is 2.62. The van der Waals surface area contributed by atoms with Crippen LogP contribution in [0, 0.1) is 0 Å². The molecule has 0 amide bonds. The molecular formula is C19H13BrN2OS2. The molecule has 2 aromatic heterocycles. The van der Waals surface area contributed by atoms with E-state index in [2.05, 4.69) is 28.1 Å². The fourth-order valence-corrected chi connectivity index (χ4v) is 4.73. The van der Waals surface area contributed by atoms with E-state index < -0.39 is 0 Å². The number of nitrogens with zero attached hydrogens (tertiary/aromatic N) is 2. The van der Waals surface area contributed by atoms with Crippen LogP contribution in [0.15, 0.2) is 80.5 Å². The molecule has 0 aliphatic heterocycles. The van der Waals surface area contributed by atoms with Crippen LogP contribution in [0.1, 0.15) is 5.56 Å². The van der Waals surface area contributed by atoms with Crippen molar-refractivity contribution in [1.82, 2.24) is 9.55 Å². The van der Waals surface area contributed by atoms with Crippen molar-refractivity contribution in [2.45, 2.75) is 10.9 Å². The molecule has 4 aromatic rings. The van der Waals surface area contributed by atoms with Gasteiger partial charge in [-0.2, -0.15) is 0 Å². The Bertz CT molecular complexity index is 1090. The molecule has 2 aromatic carbocycles. The number of halogens is 1. The van der Waals surface area contributed by atoms with Crippen LogP contribution in [-0.2, 0) is 5.75 Å². The third-order valence-electron chi connectivity index (χ3n) is 3.72. The lowest BCUT2D eigenvalue weighted by molar-refractivity contribution is 0.822. The molecule has 0 unspecified atom stereocenters. The average molecular weight is 429 g/mol. The number of rotatable bonds is 4. The molecule has 0 saturated carbocycles. The zero-order valence-corrected chi connectivity index (χ0v) is 16.3. The molecule has 2 heterocycles. The summed E-state index contributed by atoms with van der Waals surface area (Å²) in [6, 6.07) is 19.8. The summed E-state index contributed by atoms with van der Waals surface area (Å²) in [5.74, 6) is 0.744. The fraction of sp³-hybridized carbons (Fsp3) is 0.0526. The smallest absolute Gasteiger partial charge is 0.267 e. The van der Waals surface area contributed by atoms with Crippen LogP contribution in [0.5, 0.6) is 0 Å². The predicted molar refractivity (Wildman–Crippen MR) is 109 cm³/mol. The van der Waals surface area contributed by atoms with E-state index in [-0.39, 0.29) is 5.56 Å². The summed E-state index contributed by atoms with van der Waals surface area (Å²) in [6.45, 7) is 0. The van der Waals surface area contributed by atoms with Crippen LogP contribution in [0.25, 0.3) is 15.9 Å². The molecule has 0 saturated heterocycles. The number of aromatic nitrogens is 2. The summed E-state index contributed by atoms with van der Waals surface area (Å²) >= 11 is 6.51. The van der Waals surface area contributed by atoms with Gasteiger partial charge in [-0.15, -0.1) is 11.3 Å². The first kappa shape index (κ1) is 16.6. The molecular weight excluding hydrogens is 416 g/mol. The number of benzene rings is 2. The Kier molecular flexibility index (Phi) is 4.74. The highest BCUT2D eigenvalue weighted by Gasteiger charge is 2.14. The minimum absolute atomic E-state index is 0.0112. The molecule has 0 atom stereocenters. The van der Waals surface area contributed by atoms with Gasteiger partial charge < -0.3 is 0 Å². The summed E-state index contributed by atoms with van der Waals surface area (Å²) in [6.07, 6.45) is 0. The number of fused-ring (bicyclic) bond motifs is 1. The molecule has 0 spiro atoms. The number of hydrogen-bond donors (Lipinski definition) is 0. The van der Waals surface area contributed by atoms with E-state index in [1.54, 1.807) is 16.3 Å². The second-order valence-corrected chi connectivity index (χ2v) is 8.20. The van der Waals surface area contributed by atoms with Crippen molar-refractivity contribution in [3.8, 4) is 5.69 Å². The summed E-state index contributed by atoms with van der Waals surface area (Å²) in [5.41, 5.74) is 2.77. The summed E-state index contributed by atoms with van der Waals surface area (Å²) < 4.78 is 3.45. The Hall–Kier alpha value is -1.89. The van der Waals surface area contributed by atoms with Crippen molar-refractivity contribution in [2.24, 2.45) is 0 Å². The Morgan fingerprint density at radius 1 is 1.08 bits per heavy atom. The Morgan fingerprint density at radius 2 is 1.92 bits per heavy atom. The summed E-state index contributed by atoms with van der Waals surface area (Å²) in [7, 11) is 0. The van der Waals surface area contributed by atoms with Crippen LogP contribution in [0.3, 0.4) is 0 Å².